The molecule has 0 bridgehead atoms. The zero-order valence-electron chi connectivity index (χ0n) is 53.8. The van der Waals surface area contributed by atoms with Crippen molar-refractivity contribution in [2.75, 3.05) is 66.2 Å². The maximum atomic E-state index is 13.0. The summed E-state index contributed by atoms with van der Waals surface area (Å²) in [4.78, 5) is 98.8. The summed E-state index contributed by atoms with van der Waals surface area (Å²) in [5.74, 6) is -2.84. The fourth-order valence-electron chi connectivity index (χ4n) is 9.20. The second-order valence-corrected chi connectivity index (χ2v) is 22.9. The maximum Gasteiger partial charge on any atom is 0.560 e. The highest BCUT2D eigenvalue weighted by Gasteiger charge is 2.37. The van der Waals surface area contributed by atoms with Crippen LogP contribution in [0.5, 0.6) is 0 Å². The van der Waals surface area contributed by atoms with Crippen LogP contribution in [0.15, 0.2) is 17.1 Å². The number of hydrogen-bond acceptors (Lipinski definition) is 17. The van der Waals surface area contributed by atoms with Crippen molar-refractivity contribution < 1.29 is 62.9 Å². The summed E-state index contributed by atoms with van der Waals surface area (Å²) in [6.45, 7) is 14.4. The first-order valence-electron chi connectivity index (χ1n) is 32.1. The standard InChI is InChI=1S/C52H103N5O6.C9H8N2O7.CH4S/c1-8-10-12-14-16-18-20-22-24-26-28-30-32-38-48(47(46-58)55-49(59)39-33-31-29-27-25-23-21-19-17-15-13-11-9-2)62-50(60)53-40-36-44-56(6)42-34-35-43-57(7)45-37-41-54-51(61)63-52(3,4)5;12-5-1-2-6(13)10(5)17-9(16)18-11-7(14)3-4-8(11)15;1-2/h32,38,47-48,58H,8-31,33-37,39-46H2,1-7H3,(H,53,60)(H,54,61)(H,55,59);1-4H2;2H,1H3/p-1/b38-32+;;/t47-,48+;;/m0../s1/i/hD. The van der Waals surface area contributed by atoms with Gasteiger partial charge in [0.2, 0.25) is 5.91 Å². The van der Waals surface area contributed by atoms with Crippen molar-refractivity contribution in [2.45, 2.75) is 271 Å². The average molecular weight is 1200 g/mol. The van der Waals surface area contributed by atoms with Crippen molar-refractivity contribution in [3.63, 3.8) is 0 Å². The van der Waals surface area contributed by atoms with Crippen LogP contribution in [-0.2, 0) is 43.1 Å². The zero-order valence-corrected chi connectivity index (χ0v) is 53.6. The second-order valence-electron chi connectivity index (χ2n) is 22.9. The van der Waals surface area contributed by atoms with E-state index in [9.17, 15) is 43.8 Å². The minimum Gasteiger partial charge on any atom is -0.595 e. The van der Waals surface area contributed by atoms with Crippen molar-refractivity contribution in [3.05, 3.63) is 12.2 Å². The van der Waals surface area contributed by atoms with Crippen LogP contribution in [0.4, 0.5) is 9.59 Å². The summed E-state index contributed by atoms with van der Waals surface area (Å²) in [7, 11) is 4.20. The molecule has 20 nitrogen and oxygen atoms in total. The molecule has 0 unspecified atom stereocenters. The smallest absolute Gasteiger partial charge is 0.560 e. The molecule has 2 aliphatic heterocycles. The van der Waals surface area contributed by atoms with Gasteiger partial charge in [-0.2, -0.15) is 17.3 Å². The third-order valence-electron chi connectivity index (χ3n) is 14.0. The molecule has 0 aromatic heterocycles. The molecule has 0 aliphatic carbocycles. The SMILES string of the molecule is CCCCCCCCCCCCC/C=C/[C@@H](OC(=O)NCCCN(C)CCCCN(C)CCCN=C([O-])OC(C)(C)C)[C@H](CO)NC(=O)CCCCCCCCCCCCCCC.O=C(ON1C(=O)CCC1=O)ON1C(=O)CCC1=O.[2H]SC. The molecule has 2 fully saturated rings. The molecule has 0 spiro atoms. The van der Waals surface area contributed by atoms with Crippen molar-refractivity contribution in [2.24, 2.45) is 4.99 Å². The number of allylic oxidation sites excluding steroid dienone is 1. The first-order valence-corrected chi connectivity index (χ1v) is 32.5. The Labute approximate surface area is 507 Å². The Bertz CT molecular complexity index is 1760. The maximum absolute atomic E-state index is 13.0. The number of aliphatic hydroxyl groups excluding tert-OH is 1. The molecular formula is C62H114N7O13S-. The number of rotatable bonds is 46. The lowest BCUT2D eigenvalue weighted by Crippen LogP contribution is -2.48. The monoisotopic (exact) mass is 1200 g/mol. The van der Waals surface area contributed by atoms with Gasteiger partial charge in [-0.05, 0) is 97.6 Å². The number of thiol groups is 1. The van der Waals surface area contributed by atoms with Gasteiger partial charge < -0.3 is 40.1 Å². The van der Waals surface area contributed by atoms with Crippen LogP contribution in [0.3, 0.4) is 0 Å². The molecule has 3 N–H and O–H groups in total. The van der Waals surface area contributed by atoms with Gasteiger partial charge in [0.25, 0.3) is 23.6 Å². The molecule has 482 valence electrons. The predicted molar refractivity (Wildman–Crippen MR) is 329 cm³/mol. The molecule has 0 aromatic rings. The number of imide groups is 2. The minimum absolute atomic E-state index is 0.0618. The van der Waals surface area contributed by atoms with Gasteiger partial charge in [-0.3, -0.25) is 38.6 Å². The fourth-order valence-corrected chi connectivity index (χ4v) is 9.20. The van der Waals surface area contributed by atoms with E-state index in [1.54, 1.807) is 6.26 Å². The summed E-state index contributed by atoms with van der Waals surface area (Å²) >= 11 is 1.000. The van der Waals surface area contributed by atoms with Gasteiger partial charge in [0, 0.05) is 50.8 Å². The third kappa shape index (κ3) is 44.6. The number of nitrogens with zero attached hydrogens (tertiary/aromatic N) is 5. The lowest BCUT2D eigenvalue weighted by molar-refractivity contribution is -0.260. The lowest BCUT2D eigenvalue weighted by Gasteiger charge is -2.29. The van der Waals surface area contributed by atoms with E-state index in [0.29, 0.717) is 19.5 Å². The van der Waals surface area contributed by atoms with E-state index < -0.39 is 59.7 Å². The molecule has 83 heavy (non-hydrogen) atoms. The van der Waals surface area contributed by atoms with Crippen molar-refractivity contribution in [1.82, 2.24) is 30.6 Å². The van der Waals surface area contributed by atoms with Gasteiger partial charge in [-0.15, -0.1) is 0 Å². The van der Waals surface area contributed by atoms with Gasteiger partial charge in [0.05, 0.1) is 12.6 Å². The first kappa shape index (κ1) is 76.5. The Kier molecular flexibility index (Phi) is 47.9. The number of aliphatic hydroxyl groups is 1. The second kappa shape index (κ2) is 51.9. The fraction of sp³-hybridized carbons (Fsp3) is 0.839. The van der Waals surface area contributed by atoms with Crippen molar-refractivity contribution in [3.8, 4) is 0 Å². The number of nitrogens with one attached hydrogen (secondary N) is 2. The molecule has 6 amide bonds. The number of aliphatic imine (C=N–C) groups is 1. The summed E-state index contributed by atoms with van der Waals surface area (Å²) in [6, 6.07) is -0.698. The number of ether oxygens (including phenoxy) is 2. The van der Waals surface area contributed by atoms with Crippen LogP contribution >= 0.6 is 12.5 Å². The van der Waals surface area contributed by atoms with E-state index in [-0.39, 0.29) is 48.3 Å². The Morgan fingerprint density at radius 1 is 0.663 bits per heavy atom. The number of unbranched alkanes of at least 4 members (excludes halogenated alkanes) is 24. The Morgan fingerprint density at radius 3 is 1.48 bits per heavy atom. The number of alkyl carbamates (subject to hydrolysis) is 1. The lowest BCUT2D eigenvalue weighted by atomic mass is 10.0. The summed E-state index contributed by atoms with van der Waals surface area (Å²) in [5, 5.41) is 28.5. The highest BCUT2D eigenvalue weighted by Crippen LogP contribution is 2.18. The van der Waals surface area contributed by atoms with Crippen LogP contribution in [-0.4, -0.2) is 158 Å². The highest BCUT2D eigenvalue weighted by molar-refractivity contribution is 7.79. The molecule has 2 aliphatic rings. The zero-order chi connectivity index (χ0) is 62.6. The Hall–Kier alpha value is -4.47. The average Bonchev–Trinajstić information content (AvgIpc) is 4.13. The van der Waals surface area contributed by atoms with Crippen molar-refractivity contribution in [1.29, 1.82) is 1.12 Å². The third-order valence-corrected chi connectivity index (χ3v) is 14.0. The Morgan fingerprint density at radius 2 is 1.06 bits per heavy atom. The number of amides is 6. The molecule has 2 rings (SSSR count). The Balaban J connectivity index is 0.00000271. The summed E-state index contributed by atoms with van der Waals surface area (Å²) < 4.78 is 17.2. The van der Waals surface area contributed by atoms with E-state index in [0.717, 1.165) is 96.5 Å². The van der Waals surface area contributed by atoms with Gasteiger partial charge in [-0.25, -0.2) is 4.79 Å². The molecule has 21 heteroatoms. The molecule has 2 heterocycles. The largest absolute Gasteiger partial charge is 0.595 e. The van der Waals surface area contributed by atoms with Crippen LogP contribution in [0.1, 0.15) is 253 Å². The number of carbonyl (C=O) groups excluding carboxylic acids is 7. The van der Waals surface area contributed by atoms with E-state index >= 15 is 0 Å². The van der Waals surface area contributed by atoms with Gasteiger partial charge >= 0.3 is 12.2 Å². The van der Waals surface area contributed by atoms with E-state index in [4.69, 9.17) is 10.6 Å². The van der Waals surface area contributed by atoms with E-state index in [2.05, 4.69) is 63.0 Å². The molecule has 0 radical (unpaired) electrons. The quantitative estimate of drug-likeness (QED) is 0.0110. The van der Waals surface area contributed by atoms with Gasteiger partial charge in [0.1, 0.15) is 13.3 Å². The summed E-state index contributed by atoms with van der Waals surface area (Å²) in [6.07, 6.45) is 37.6. The first-order chi connectivity index (χ1) is 40.3. The van der Waals surface area contributed by atoms with Crippen LogP contribution in [0, 0.1) is 0 Å². The van der Waals surface area contributed by atoms with Crippen LogP contribution in [0.2, 0.25) is 0 Å². The minimum atomic E-state index is -1.48. The number of hydroxylamine groups is 4. The van der Waals surface area contributed by atoms with Crippen LogP contribution in [0.25, 0.3) is 0 Å². The summed E-state index contributed by atoms with van der Waals surface area (Å²) in [5.41, 5.74) is -0.517. The van der Waals surface area contributed by atoms with Gasteiger partial charge in [0.15, 0.2) is 0 Å². The van der Waals surface area contributed by atoms with Crippen LogP contribution < -0.4 is 15.7 Å². The number of hydrogen-bond donors (Lipinski definition) is 4. The van der Waals surface area contributed by atoms with E-state index in [1.165, 1.54) is 128 Å². The highest BCUT2D eigenvalue weighted by atomic mass is 32.1. The molecular weight excluding hydrogens is 1080 g/mol. The topological polar surface area (TPSA) is 249 Å². The molecule has 0 saturated carbocycles. The van der Waals surface area contributed by atoms with Gasteiger partial charge in [-0.1, -0.05) is 192 Å². The van der Waals surface area contributed by atoms with Crippen molar-refractivity contribution >= 4 is 60.4 Å². The molecule has 0 aromatic carbocycles. The molecule has 2 saturated heterocycles. The predicted octanol–water partition coefficient (Wildman–Crippen LogP) is 11.1. The molecule has 2 atom stereocenters. The number of carbonyl (C=O) groups is 7. The van der Waals surface area contributed by atoms with E-state index in [1.807, 2.05) is 32.9 Å². The normalized spacial score (nSPS) is 14.6.